The largest absolute Gasteiger partial charge is 0.389 e. The summed E-state index contributed by atoms with van der Waals surface area (Å²) in [6, 6.07) is 5.71. The maximum Gasteiger partial charge on any atom is 0.0787 e. The number of aliphatic hydroxyl groups is 1. The van der Waals surface area contributed by atoms with E-state index < -0.39 is 6.10 Å². The van der Waals surface area contributed by atoms with Crippen molar-refractivity contribution in [2.75, 3.05) is 5.75 Å². The van der Waals surface area contributed by atoms with Crippen molar-refractivity contribution in [3.05, 3.63) is 28.8 Å². The summed E-state index contributed by atoms with van der Waals surface area (Å²) in [5.74, 6) is 0.986. The molecule has 0 unspecified atom stereocenters. The summed E-state index contributed by atoms with van der Waals surface area (Å²) >= 11 is 7.69. The molecule has 13 heavy (non-hydrogen) atoms. The van der Waals surface area contributed by atoms with E-state index in [0.29, 0.717) is 5.02 Å². The summed E-state index contributed by atoms with van der Waals surface area (Å²) in [6.45, 7) is 3.82. The van der Waals surface area contributed by atoms with Crippen molar-refractivity contribution in [3.8, 4) is 0 Å². The maximum absolute atomic E-state index is 9.51. The van der Waals surface area contributed by atoms with Crippen molar-refractivity contribution < 1.29 is 5.11 Å². The van der Waals surface area contributed by atoms with E-state index in [1.807, 2.05) is 18.2 Å². The van der Waals surface area contributed by atoms with Crippen LogP contribution in [0.2, 0.25) is 5.02 Å². The van der Waals surface area contributed by atoms with E-state index in [1.165, 1.54) is 0 Å². The van der Waals surface area contributed by atoms with Gasteiger partial charge in [-0.1, -0.05) is 24.6 Å². The molecular weight excluding hydrogens is 204 g/mol. The molecule has 0 radical (unpaired) electrons. The van der Waals surface area contributed by atoms with Gasteiger partial charge in [-0.2, -0.15) is 0 Å². The van der Waals surface area contributed by atoms with Crippen LogP contribution in [0.5, 0.6) is 0 Å². The van der Waals surface area contributed by atoms with Crippen molar-refractivity contribution in [2.24, 2.45) is 0 Å². The van der Waals surface area contributed by atoms with Gasteiger partial charge in [0.1, 0.15) is 0 Å². The van der Waals surface area contributed by atoms with E-state index in [9.17, 15) is 5.11 Å². The lowest BCUT2D eigenvalue weighted by Gasteiger charge is -2.12. The molecule has 0 saturated carbocycles. The molecule has 0 aromatic heterocycles. The Morgan fingerprint density at radius 2 is 2.23 bits per heavy atom. The van der Waals surface area contributed by atoms with Gasteiger partial charge in [-0.25, -0.2) is 0 Å². The Morgan fingerprint density at radius 1 is 1.54 bits per heavy atom. The van der Waals surface area contributed by atoms with Crippen LogP contribution in [0.4, 0.5) is 0 Å². The molecule has 0 fully saturated rings. The van der Waals surface area contributed by atoms with Crippen molar-refractivity contribution in [3.63, 3.8) is 0 Å². The molecule has 0 amide bonds. The van der Waals surface area contributed by atoms with Crippen LogP contribution in [0, 0.1) is 0 Å². The molecule has 1 nitrogen and oxygen atoms in total. The number of rotatable bonds is 3. The first-order chi connectivity index (χ1) is 6.16. The second kappa shape index (κ2) is 4.89. The van der Waals surface area contributed by atoms with Gasteiger partial charge in [-0.3, -0.25) is 0 Å². The predicted molar refractivity (Wildman–Crippen MR) is 58.5 cm³/mol. The van der Waals surface area contributed by atoms with Crippen LogP contribution < -0.4 is 0 Å². The lowest BCUT2D eigenvalue weighted by molar-refractivity contribution is 0.196. The molecule has 0 aliphatic rings. The molecule has 1 aromatic rings. The first kappa shape index (κ1) is 10.9. The van der Waals surface area contributed by atoms with E-state index in [0.717, 1.165) is 16.2 Å². The Kier molecular flexibility index (Phi) is 4.10. The molecule has 0 saturated heterocycles. The van der Waals surface area contributed by atoms with Crippen LogP contribution in [0.1, 0.15) is 25.5 Å². The number of hydrogen-bond donors (Lipinski definition) is 1. The minimum atomic E-state index is -0.497. The summed E-state index contributed by atoms with van der Waals surface area (Å²) in [7, 11) is 0. The molecule has 0 aliphatic heterocycles. The van der Waals surface area contributed by atoms with E-state index in [4.69, 9.17) is 11.6 Å². The minimum absolute atomic E-state index is 0.497. The lowest BCUT2D eigenvalue weighted by atomic mass is 10.1. The third-order valence-corrected chi connectivity index (χ3v) is 3.02. The molecule has 0 spiro atoms. The first-order valence-electron chi connectivity index (χ1n) is 4.26. The summed E-state index contributed by atoms with van der Waals surface area (Å²) in [5.41, 5.74) is 0.844. The molecule has 1 atom stereocenters. The van der Waals surface area contributed by atoms with Gasteiger partial charge in [0.15, 0.2) is 0 Å². The number of halogens is 1. The van der Waals surface area contributed by atoms with E-state index in [2.05, 4.69) is 6.92 Å². The molecular formula is C10H13ClOS. The van der Waals surface area contributed by atoms with Gasteiger partial charge in [0.2, 0.25) is 0 Å². The van der Waals surface area contributed by atoms with Gasteiger partial charge in [0.25, 0.3) is 0 Å². The summed E-state index contributed by atoms with van der Waals surface area (Å²) < 4.78 is 0. The van der Waals surface area contributed by atoms with Crippen LogP contribution in [0.25, 0.3) is 0 Å². The minimum Gasteiger partial charge on any atom is -0.389 e. The monoisotopic (exact) mass is 216 g/mol. The normalized spacial score (nSPS) is 12.9. The van der Waals surface area contributed by atoms with Crippen molar-refractivity contribution >= 4 is 23.4 Å². The van der Waals surface area contributed by atoms with Gasteiger partial charge in [-0.05, 0) is 24.8 Å². The van der Waals surface area contributed by atoms with Crippen molar-refractivity contribution in [1.82, 2.24) is 0 Å². The average molecular weight is 217 g/mol. The van der Waals surface area contributed by atoms with Gasteiger partial charge < -0.3 is 5.11 Å². The number of thioether (sulfide) groups is 1. The van der Waals surface area contributed by atoms with E-state index in [-0.39, 0.29) is 0 Å². The molecule has 0 heterocycles. The smallest absolute Gasteiger partial charge is 0.0787 e. The second-order valence-corrected chi connectivity index (χ2v) is 4.47. The van der Waals surface area contributed by atoms with Gasteiger partial charge in [0.05, 0.1) is 6.10 Å². The molecule has 72 valence electrons. The van der Waals surface area contributed by atoms with E-state index >= 15 is 0 Å². The third kappa shape index (κ3) is 2.63. The highest BCUT2D eigenvalue weighted by Gasteiger charge is 2.11. The quantitative estimate of drug-likeness (QED) is 0.781. The number of aliphatic hydroxyl groups excluding tert-OH is 1. The number of hydrogen-bond acceptors (Lipinski definition) is 2. The SMILES string of the molecule is CCSc1cccc(Cl)c1[C@@H](C)O. The van der Waals surface area contributed by atoms with Crippen molar-refractivity contribution in [2.45, 2.75) is 24.8 Å². The zero-order valence-electron chi connectivity index (χ0n) is 7.75. The molecule has 3 heteroatoms. The maximum atomic E-state index is 9.51. The zero-order chi connectivity index (χ0) is 9.84. The number of benzene rings is 1. The Hall–Kier alpha value is -0.180. The Bertz CT molecular complexity index is 286. The van der Waals surface area contributed by atoms with Gasteiger partial charge in [-0.15, -0.1) is 11.8 Å². The van der Waals surface area contributed by atoms with Crippen LogP contribution in [0.15, 0.2) is 23.1 Å². The van der Waals surface area contributed by atoms with Crippen LogP contribution in [0.3, 0.4) is 0 Å². The Morgan fingerprint density at radius 3 is 2.77 bits per heavy atom. The highest BCUT2D eigenvalue weighted by atomic mass is 35.5. The van der Waals surface area contributed by atoms with Crippen LogP contribution >= 0.6 is 23.4 Å². The fourth-order valence-corrected chi connectivity index (χ4v) is 2.51. The fraction of sp³-hybridized carbons (Fsp3) is 0.400. The Labute approximate surface area is 88.1 Å². The fourth-order valence-electron chi connectivity index (χ4n) is 1.20. The molecule has 1 rings (SSSR count). The van der Waals surface area contributed by atoms with Crippen LogP contribution in [-0.2, 0) is 0 Å². The second-order valence-electron chi connectivity index (χ2n) is 2.76. The lowest BCUT2D eigenvalue weighted by Crippen LogP contribution is -1.95. The highest BCUT2D eigenvalue weighted by Crippen LogP contribution is 2.32. The third-order valence-electron chi connectivity index (χ3n) is 1.73. The summed E-state index contributed by atoms with van der Waals surface area (Å²) in [6.07, 6.45) is -0.497. The van der Waals surface area contributed by atoms with Gasteiger partial charge >= 0.3 is 0 Å². The Balaban J connectivity index is 3.10. The molecule has 1 aromatic carbocycles. The predicted octanol–water partition coefficient (Wildman–Crippen LogP) is 3.51. The van der Waals surface area contributed by atoms with Crippen molar-refractivity contribution in [1.29, 1.82) is 0 Å². The molecule has 0 bridgehead atoms. The zero-order valence-corrected chi connectivity index (χ0v) is 9.32. The van der Waals surface area contributed by atoms with Crippen LogP contribution in [-0.4, -0.2) is 10.9 Å². The topological polar surface area (TPSA) is 20.2 Å². The highest BCUT2D eigenvalue weighted by molar-refractivity contribution is 7.99. The van der Waals surface area contributed by atoms with Gasteiger partial charge in [0, 0.05) is 15.5 Å². The summed E-state index contributed by atoms with van der Waals surface area (Å²) in [4.78, 5) is 1.07. The van der Waals surface area contributed by atoms with E-state index in [1.54, 1.807) is 18.7 Å². The molecule has 0 aliphatic carbocycles. The first-order valence-corrected chi connectivity index (χ1v) is 5.62. The standard InChI is InChI=1S/C10H13ClOS/c1-3-13-9-6-4-5-8(11)10(9)7(2)12/h4-7,12H,3H2,1-2H3/t7-/m1/s1. The average Bonchev–Trinajstić information content (AvgIpc) is 2.04. The molecule has 1 N–H and O–H groups in total. The summed E-state index contributed by atoms with van der Waals surface area (Å²) in [5, 5.41) is 10.2.